The zero-order valence-corrected chi connectivity index (χ0v) is 16.3. The number of nitrogens with one attached hydrogen (secondary N) is 1. The number of hydrogen-bond acceptors (Lipinski definition) is 6. The third-order valence-corrected chi connectivity index (χ3v) is 5.47. The van der Waals surface area contributed by atoms with E-state index in [-0.39, 0.29) is 17.2 Å². The number of pyridine rings is 1. The van der Waals surface area contributed by atoms with Crippen molar-refractivity contribution < 1.29 is 14.3 Å². The van der Waals surface area contributed by atoms with Crippen molar-refractivity contribution in [3.05, 3.63) is 32.5 Å². The fourth-order valence-corrected chi connectivity index (χ4v) is 3.85. The molecule has 1 aliphatic carbocycles. The van der Waals surface area contributed by atoms with Gasteiger partial charge in [0.15, 0.2) is 5.75 Å². The van der Waals surface area contributed by atoms with Crippen LogP contribution in [-0.2, 0) is 4.74 Å². The van der Waals surface area contributed by atoms with Crippen molar-refractivity contribution >= 4 is 45.9 Å². The molecule has 0 radical (unpaired) electrons. The molecule has 0 bridgehead atoms. The summed E-state index contributed by atoms with van der Waals surface area (Å²) in [4.78, 5) is 31.7. The van der Waals surface area contributed by atoms with Crippen LogP contribution in [0.15, 0.2) is 17.1 Å². The van der Waals surface area contributed by atoms with Crippen molar-refractivity contribution in [1.29, 1.82) is 0 Å². The van der Waals surface area contributed by atoms with Gasteiger partial charge in [-0.3, -0.25) is 4.79 Å². The Bertz CT molecular complexity index is 950. The standard InChI is InChI=1S/C18H19Cl2N3O4/c1-22-4-6-23(7-5-22)16-12(19)8-11-15(14(16)20)21-9-13(17(11)24)27-18(25)26-10-2-3-10/h8-10H,2-7H2,1H3,(H,21,24). The van der Waals surface area contributed by atoms with Crippen LogP contribution in [0.3, 0.4) is 0 Å². The molecule has 1 aliphatic heterocycles. The molecule has 1 aromatic heterocycles. The number of rotatable bonds is 3. The van der Waals surface area contributed by atoms with E-state index < -0.39 is 11.6 Å². The summed E-state index contributed by atoms with van der Waals surface area (Å²) in [5.74, 6) is -0.146. The van der Waals surface area contributed by atoms with Gasteiger partial charge in [0.05, 0.1) is 26.6 Å². The van der Waals surface area contributed by atoms with Gasteiger partial charge in [-0.05, 0) is 26.0 Å². The Labute approximate surface area is 165 Å². The zero-order chi connectivity index (χ0) is 19.1. The molecule has 0 amide bonds. The second kappa shape index (κ2) is 7.22. The number of carbonyl (C=O) groups excluding carboxylic acids is 1. The summed E-state index contributed by atoms with van der Waals surface area (Å²) < 4.78 is 10.0. The highest BCUT2D eigenvalue weighted by atomic mass is 35.5. The lowest BCUT2D eigenvalue weighted by atomic mass is 10.1. The average Bonchev–Trinajstić information content (AvgIpc) is 3.43. The van der Waals surface area contributed by atoms with Crippen molar-refractivity contribution in [3.63, 3.8) is 0 Å². The second-order valence-corrected chi connectivity index (χ2v) is 7.67. The Balaban J connectivity index is 1.68. The normalized spacial score (nSPS) is 18.0. The van der Waals surface area contributed by atoms with Crippen LogP contribution in [0.5, 0.6) is 5.75 Å². The van der Waals surface area contributed by atoms with Crippen LogP contribution < -0.4 is 15.1 Å². The Morgan fingerprint density at radius 2 is 1.93 bits per heavy atom. The number of carbonyl (C=O) groups is 1. The highest BCUT2D eigenvalue weighted by Gasteiger charge is 2.28. The smallest absolute Gasteiger partial charge is 0.431 e. The van der Waals surface area contributed by atoms with E-state index in [2.05, 4.69) is 21.8 Å². The SMILES string of the molecule is CN1CCN(c2c(Cl)cc3c(=O)c(OC(=O)OC4CC4)c[nH]c3c2Cl)CC1. The maximum absolute atomic E-state index is 12.7. The van der Waals surface area contributed by atoms with Crippen molar-refractivity contribution in [2.45, 2.75) is 18.9 Å². The quantitative estimate of drug-likeness (QED) is 0.781. The zero-order valence-electron chi connectivity index (χ0n) is 14.8. The largest absolute Gasteiger partial charge is 0.514 e. The van der Waals surface area contributed by atoms with Crippen LogP contribution in [0.4, 0.5) is 10.5 Å². The van der Waals surface area contributed by atoms with Crippen LogP contribution in [0, 0.1) is 0 Å². The number of halogens is 2. The fourth-order valence-electron chi connectivity index (χ4n) is 3.10. The van der Waals surface area contributed by atoms with Gasteiger partial charge < -0.3 is 24.3 Å². The van der Waals surface area contributed by atoms with Gasteiger partial charge in [-0.2, -0.15) is 0 Å². The maximum atomic E-state index is 12.7. The van der Waals surface area contributed by atoms with Crippen molar-refractivity contribution in [3.8, 4) is 5.75 Å². The first-order valence-electron chi connectivity index (χ1n) is 8.79. The first-order chi connectivity index (χ1) is 12.9. The van der Waals surface area contributed by atoms with Crippen molar-refractivity contribution in [2.24, 2.45) is 0 Å². The van der Waals surface area contributed by atoms with Gasteiger partial charge >= 0.3 is 6.16 Å². The predicted molar refractivity (Wildman–Crippen MR) is 104 cm³/mol. The molecule has 1 saturated heterocycles. The minimum Gasteiger partial charge on any atom is -0.431 e. The summed E-state index contributed by atoms with van der Waals surface area (Å²) in [6.07, 6.45) is 1.99. The summed E-state index contributed by atoms with van der Waals surface area (Å²) in [7, 11) is 2.06. The lowest BCUT2D eigenvalue weighted by molar-refractivity contribution is 0.0921. The van der Waals surface area contributed by atoms with Crippen LogP contribution in [-0.4, -0.2) is 55.4 Å². The summed E-state index contributed by atoms with van der Waals surface area (Å²) in [5, 5.41) is 1.03. The number of aromatic nitrogens is 1. The number of likely N-dealkylation sites (N-methyl/N-ethyl adjacent to an activating group) is 1. The van der Waals surface area contributed by atoms with E-state index in [4.69, 9.17) is 32.7 Å². The number of benzene rings is 1. The number of ether oxygens (including phenoxy) is 2. The van der Waals surface area contributed by atoms with E-state index in [9.17, 15) is 9.59 Å². The first-order valence-corrected chi connectivity index (χ1v) is 9.55. The molecule has 0 unspecified atom stereocenters. The molecule has 0 atom stereocenters. The molecule has 2 aliphatic rings. The Morgan fingerprint density at radius 1 is 1.22 bits per heavy atom. The summed E-state index contributed by atoms with van der Waals surface area (Å²) in [6, 6.07) is 1.56. The van der Waals surface area contributed by atoms with E-state index in [1.54, 1.807) is 6.07 Å². The van der Waals surface area contributed by atoms with Crippen LogP contribution in [0.1, 0.15) is 12.8 Å². The molecule has 0 spiro atoms. The molecule has 2 fully saturated rings. The van der Waals surface area contributed by atoms with Gasteiger partial charge in [-0.1, -0.05) is 23.2 Å². The molecule has 7 nitrogen and oxygen atoms in total. The highest BCUT2D eigenvalue weighted by Crippen LogP contribution is 2.39. The Morgan fingerprint density at radius 3 is 2.59 bits per heavy atom. The van der Waals surface area contributed by atoms with E-state index in [1.807, 2.05) is 0 Å². The third kappa shape index (κ3) is 3.72. The van der Waals surface area contributed by atoms with E-state index in [1.165, 1.54) is 6.20 Å². The number of hydrogen-bond donors (Lipinski definition) is 1. The van der Waals surface area contributed by atoms with Crippen LogP contribution in [0.25, 0.3) is 10.9 Å². The first kappa shape index (κ1) is 18.4. The molecular formula is C18H19Cl2N3O4. The molecule has 2 heterocycles. The molecule has 2 aromatic rings. The Hall–Kier alpha value is -1.96. The third-order valence-electron chi connectivity index (χ3n) is 4.81. The number of nitrogens with zero attached hydrogens (tertiary/aromatic N) is 2. The topological polar surface area (TPSA) is 74.9 Å². The molecular weight excluding hydrogens is 393 g/mol. The second-order valence-electron chi connectivity index (χ2n) is 6.89. The summed E-state index contributed by atoms with van der Waals surface area (Å²) in [5.41, 5.74) is 0.699. The molecule has 144 valence electrons. The highest BCUT2D eigenvalue weighted by molar-refractivity contribution is 6.42. The lowest BCUT2D eigenvalue weighted by Gasteiger charge is -2.35. The number of aromatic amines is 1. The number of piperazine rings is 1. The number of H-pyrrole nitrogens is 1. The van der Waals surface area contributed by atoms with Gasteiger partial charge in [0.25, 0.3) is 0 Å². The van der Waals surface area contributed by atoms with E-state index >= 15 is 0 Å². The molecule has 4 rings (SSSR count). The van der Waals surface area contributed by atoms with Gasteiger partial charge in [0.1, 0.15) is 6.10 Å². The minimum absolute atomic E-state index is 0.105. The van der Waals surface area contributed by atoms with Crippen LogP contribution >= 0.6 is 23.2 Å². The maximum Gasteiger partial charge on any atom is 0.514 e. The minimum atomic E-state index is -0.881. The predicted octanol–water partition coefficient (Wildman–Crippen LogP) is 3.26. The van der Waals surface area contributed by atoms with E-state index in [0.29, 0.717) is 21.2 Å². The van der Waals surface area contributed by atoms with Gasteiger partial charge in [-0.25, -0.2) is 4.79 Å². The number of fused-ring (bicyclic) bond motifs is 1. The van der Waals surface area contributed by atoms with Crippen molar-refractivity contribution in [2.75, 3.05) is 38.1 Å². The molecule has 27 heavy (non-hydrogen) atoms. The van der Waals surface area contributed by atoms with Gasteiger partial charge in [-0.15, -0.1) is 0 Å². The van der Waals surface area contributed by atoms with E-state index in [0.717, 1.165) is 39.0 Å². The molecule has 1 N–H and O–H groups in total. The molecule has 1 aromatic carbocycles. The monoisotopic (exact) mass is 411 g/mol. The van der Waals surface area contributed by atoms with Crippen LogP contribution in [0.2, 0.25) is 10.0 Å². The van der Waals surface area contributed by atoms with Gasteiger partial charge in [0, 0.05) is 32.4 Å². The molecule has 1 saturated carbocycles. The summed E-state index contributed by atoms with van der Waals surface area (Å²) >= 11 is 13.0. The molecule has 9 heteroatoms. The van der Waals surface area contributed by atoms with Gasteiger partial charge in [0.2, 0.25) is 5.43 Å². The summed E-state index contributed by atoms with van der Waals surface area (Å²) in [6.45, 7) is 3.38. The number of anilines is 1. The fraction of sp³-hybridized carbons (Fsp3) is 0.444. The average molecular weight is 412 g/mol. The lowest BCUT2D eigenvalue weighted by Crippen LogP contribution is -2.44. The van der Waals surface area contributed by atoms with Crippen molar-refractivity contribution in [1.82, 2.24) is 9.88 Å². The Kier molecular flexibility index (Phi) is 4.92.